The SMILES string of the molecule is COc1ccc(C[C@@]2(C(C)C)N=C(c3ccccc3)OC2=O)cc1. The highest BCUT2D eigenvalue weighted by atomic mass is 16.6. The first-order chi connectivity index (χ1) is 11.5. The molecule has 0 unspecified atom stereocenters. The molecule has 24 heavy (non-hydrogen) atoms. The fourth-order valence-electron chi connectivity index (χ4n) is 2.87. The van der Waals surface area contributed by atoms with Gasteiger partial charge in [0.1, 0.15) is 5.75 Å². The van der Waals surface area contributed by atoms with Gasteiger partial charge in [-0.05, 0) is 35.7 Å². The summed E-state index contributed by atoms with van der Waals surface area (Å²) < 4.78 is 10.7. The molecule has 1 atom stereocenters. The molecule has 1 aliphatic heterocycles. The van der Waals surface area contributed by atoms with Crippen LogP contribution in [-0.2, 0) is 16.0 Å². The van der Waals surface area contributed by atoms with Crippen LogP contribution in [0.4, 0.5) is 0 Å². The van der Waals surface area contributed by atoms with E-state index in [4.69, 9.17) is 14.5 Å². The van der Waals surface area contributed by atoms with Gasteiger partial charge in [-0.1, -0.05) is 44.2 Å². The highest BCUT2D eigenvalue weighted by molar-refractivity contribution is 6.08. The molecule has 0 radical (unpaired) electrons. The van der Waals surface area contributed by atoms with E-state index in [1.165, 1.54) is 0 Å². The van der Waals surface area contributed by atoms with Crippen molar-refractivity contribution in [3.05, 3.63) is 65.7 Å². The van der Waals surface area contributed by atoms with Gasteiger partial charge in [0, 0.05) is 12.0 Å². The summed E-state index contributed by atoms with van der Waals surface area (Å²) in [7, 11) is 1.63. The second-order valence-electron chi connectivity index (χ2n) is 6.28. The average Bonchev–Trinajstić information content (AvgIpc) is 2.94. The molecule has 0 saturated heterocycles. The number of aliphatic imine (C=N–C) groups is 1. The van der Waals surface area contributed by atoms with Gasteiger partial charge in [-0.3, -0.25) is 0 Å². The summed E-state index contributed by atoms with van der Waals surface area (Å²) in [6, 6.07) is 17.3. The van der Waals surface area contributed by atoms with Crippen LogP contribution in [0.15, 0.2) is 59.6 Å². The first-order valence-corrected chi connectivity index (χ1v) is 8.05. The number of cyclic esters (lactones) is 1. The lowest BCUT2D eigenvalue weighted by Gasteiger charge is -2.26. The van der Waals surface area contributed by atoms with Gasteiger partial charge < -0.3 is 9.47 Å². The maximum Gasteiger partial charge on any atom is 0.341 e. The van der Waals surface area contributed by atoms with Crippen LogP contribution in [0.25, 0.3) is 0 Å². The number of hydrogen-bond donors (Lipinski definition) is 0. The molecule has 2 aromatic carbocycles. The van der Waals surface area contributed by atoms with E-state index in [9.17, 15) is 4.79 Å². The summed E-state index contributed by atoms with van der Waals surface area (Å²) in [6.45, 7) is 4.00. The van der Waals surface area contributed by atoms with Gasteiger partial charge in [0.2, 0.25) is 5.90 Å². The summed E-state index contributed by atoms with van der Waals surface area (Å²) in [5.74, 6) is 0.933. The molecular weight excluding hydrogens is 302 g/mol. The first-order valence-electron chi connectivity index (χ1n) is 8.05. The van der Waals surface area contributed by atoms with Crippen LogP contribution in [0, 0.1) is 5.92 Å². The third-order valence-electron chi connectivity index (χ3n) is 4.45. The number of nitrogens with zero attached hydrogens (tertiary/aromatic N) is 1. The topological polar surface area (TPSA) is 47.9 Å². The smallest absolute Gasteiger partial charge is 0.341 e. The van der Waals surface area contributed by atoms with Crippen LogP contribution in [0.1, 0.15) is 25.0 Å². The third-order valence-corrected chi connectivity index (χ3v) is 4.45. The van der Waals surface area contributed by atoms with Crippen LogP contribution in [0.2, 0.25) is 0 Å². The highest BCUT2D eigenvalue weighted by Gasteiger charge is 2.48. The molecule has 2 aromatic rings. The zero-order chi connectivity index (χ0) is 17.2. The minimum Gasteiger partial charge on any atom is -0.497 e. The number of carbonyl (C=O) groups excluding carboxylic acids is 1. The molecule has 0 saturated carbocycles. The Morgan fingerprint density at radius 2 is 1.75 bits per heavy atom. The zero-order valence-electron chi connectivity index (χ0n) is 14.2. The van der Waals surface area contributed by atoms with Crippen molar-refractivity contribution >= 4 is 11.9 Å². The van der Waals surface area contributed by atoms with E-state index in [0.29, 0.717) is 12.3 Å². The van der Waals surface area contributed by atoms with Crippen molar-refractivity contribution in [1.29, 1.82) is 0 Å². The predicted octanol–water partition coefficient (Wildman–Crippen LogP) is 3.64. The van der Waals surface area contributed by atoms with Crippen LogP contribution in [0.3, 0.4) is 0 Å². The van der Waals surface area contributed by atoms with Crippen LogP contribution in [0.5, 0.6) is 5.75 Å². The van der Waals surface area contributed by atoms with E-state index in [-0.39, 0.29) is 11.9 Å². The van der Waals surface area contributed by atoms with E-state index in [0.717, 1.165) is 16.9 Å². The fraction of sp³-hybridized carbons (Fsp3) is 0.300. The van der Waals surface area contributed by atoms with Gasteiger partial charge in [0.15, 0.2) is 5.54 Å². The molecule has 0 aromatic heterocycles. The predicted molar refractivity (Wildman–Crippen MR) is 93.3 cm³/mol. The number of esters is 1. The van der Waals surface area contributed by atoms with Crippen molar-refractivity contribution in [1.82, 2.24) is 0 Å². The van der Waals surface area contributed by atoms with Crippen molar-refractivity contribution in [2.24, 2.45) is 10.9 Å². The molecule has 0 bridgehead atoms. The normalized spacial score (nSPS) is 20.0. The Bertz CT molecular complexity index is 750. The largest absolute Gasteiger partial charge is 0.497 e. The number of ether oxygens (including phenoxy) is 2. The Morgan fingerprint density at radius 3 is 2.33 bits per heavy atom. The summed E-state index contributed by atoms with van der Waals surface area (Å²) in [6.07, 6.45) is 0.504. The van der Waals surface area contributed by atoms with Crippen molar-refractivity contribution in [3.8, 4) is 5.75 Å². The van der Waals surface area contributed by atoms with Crippen LogP contribution >= 0.6 is 0 Å². The molecule has 0 spiro atoms. The standard InChI is InChI=1S/C20H21NO3/c1-14(2)20(13-15-9-11-17(23-3)12-10-15)19(22)24-18(21-20)16-7-5-4-6-8-16/h4-12,14H,13H2,1-3H3/t20-/m0/s1. The zero-order valence-corrected chi connectivity index (χ0v) is 14.2. The molecular formula is C20H21NO3. The Morgan fingerprint density at radius 1 is 1.08 bits per heavy atom. The van der Waals surface area contributed by atoms with Gasteiger partial charge in [-0.2, -0.15) is 0 Å². The third kappa shape index (κ3) is 2.92. The van der Waals surface area contributed by atoms with Gasteiger partial charge >= 0.3 is 5.97 Å². The van der Waals surface area contributed by atoms with Crippen molar-refractivity contribution in [3.63, 3.8) is 0 Å². The second kappa shape index (κ2) is 6.48. The number of carbonyl (C=O) groups is 1. The van der Waals surface area contributed by atoms with E-state index in [2.05, 4.69) is 0 Å². The van der Waals surface area contributed by atoms with Crippen molar-refractivity contribution < 1.29 is 14.3 Å². The van der Waals surface area contributed by atoms with Crippen molar-refractivity contribution in [2.75, 3.05) is 7.11 Å². The second-order valence-corrected chi connectivity index (χ2v) is 6.28. The highest BCUT2D eigenvalue weighted by Crippen LogP contribution is 2.34. The molecule has 0 fully saturated rings. The first kappa shape index (κ1) is 16.2. The molecule has 0 aliphatic carbocycles. The molecule has 0 N–H and O–H groups in total. The molecule has 4 heteroatoms. The van der Waals surface area contributed by atoms with E-state index < -0.39 is 5.54 Å². The maximum absolute atomic E-state index is 12.7. The Hall–Kier alpha value is -2.62. The van der Waals surface area contributed by atoms with Crippen LogP contribution < -0.4 is 4.74 Å². The van der Waals surface area contributed by atoms with Crippen molar-refractivity contribution in [2.45, 2.75) is 25.8 Å². The minimum absolute atomic E-state index is 0.0216. The Kier molecular flexibility index (Phi) is 4.38. The number of rotatable bonds is 5. The lowest BCUT2D eigenvalue weighted by Crippen LogP contribution is -2.41. The average molecular weight is 323 g/mol. The van der Waals surface area contributed by atoms with Gasteiger partial charge in [-0.15, -0.1) is 0 Å². The maximum atomic E-state index is 12.7. The lowest BCUT2D eigenvalue weighted by atomic mass is 9.81. The lowest BCUT2D eigenvalue weighted by molar-refractivity contribution is -0.140. The van der Waals surface area contributed by atoms with Gasteiger partial charge in [0.05, 0.1) is 7.11 Å². The van der Waals surface area contributed by atoms with Crippen LogP contribution in [-0.4, -0.2) is 24.5 Å². The molecule has 124 valence electrons. The molecule has 1 aliphatic rings. The molecule has 3 rings (SSSR count). The summed E-state index contributed by atoms with van der Waals surface area (Å²) >= 11 is 0. The molecule has 1 heterocycles. The number of hydrogen-bond acceptors (Lipinski definition) is 4. The van der Waals surface area contributed by atoms with E-state index >= 15 is 0 Å². The molecule has 0 amide bonds. The summed E-state index contributed by atoms with van der Waals surface area (Å²) in [4.78, 5) is 17.4. The quantitative estimate of drug-likeness (QED) is 0.789. The minimum atomic E-state index is -0.889. The Labute approximate surface area is 142 Å². The summed E-state index contributed by atoms with van der Waals surface area (Å²) in [5, 5.41) is 0. The Balaban J connectivity index is 1.95. The van der Waals surface area contributed by atoms with Gasteiger partial charge in [0.25, 0.3) is 0 Å². The van der Waals surface area contributed by atoms with E-state index in [1.54, 1.807) is 7.11 Å². The number of methoxy groups -OCH3 is 1. The molecule has 4 nitrogen and oxygen atoms in total. The monoisotopic (exact) mass is 323 g/mol. The fourth-order valence-corrected chi connectivity index (χ4v) is 2.87. The summed E-state index contributed by atoms with van der Waals surface area (Å²) in [5.41, 5.74) is 0.961. The van der Waals surface area contributed by atoms with E-state index in [1.807, 2.05) is 68.4 Å². The number of benzene rings is 2. The van der Waals surface area contributed by atoms with Gasteiger partial charge in [-0.25, -0.2) is 9.79 Å².